The summed E-state index contributed by atoms with van der Waals surface area (Å²) in [5, 5.41) is 3.51. The molecule has 1 heterocycles. The van der Waals surface area contributed by atoms with E-state index in [1.807, 2.05) is 20.8 Å². The zero-order valence-electron chi connectivity index (χ0n) is 24.4. The van der Waals surface area contributed by atoms with Crippen LogP contribution in [0.25, 0.3) is 0 Å². The molecule has 0 aromatic heterocycles. The number of likely N-dealkylation sites (N-methyl/N-ethyl adjacent to an activating group) is 1. The number of halogens is 2. The Hall–Kier alpha value is -2.53. The van der Waals surface area contributed by atoms with Crippen molar-refractivity contribution in [3.8, 4) is 5.75 Å². The molecule has 1 N–H and O–H groups in total. The van der Waals surface area contributed by atoms with E-state index in [9.17, 15) is 18.0 Å². The quantitative estimate of drug-likeness (QED) is 0.388. The van der Waals surface area contributed by atoms with Gasteiger partial charge in [0.15, 0.2) is 9.84 Å². The zero-order chi connectivity index (χ0) is 30.5. The first-order chi connectivity index (χ1) is 19.1. The number of rotatable bonds is 9. The highest BCUT2D eigenvalue weighted by Gasteiger charge is 2.30. The Bertz CT molecular complexity index is 1380. The molecule has 1 aliphatic rings. The number of piperidine rings is 1. The lowest BCUT2D eigenvalue weighted by molar-refractivity contribution is 0.0129. The molecule has 1 fully saturated rings. The van der Waals surface area contributed by atoms with Gasteiger partial charge in [0, 0.05) is 53.9 Å². The Morgan fingerprint density at radius 3 is 2.51 bits per heavy atom. The second-order valence-electron chi connectivity index (χ2n) is 11.1. The van der Waals surface area contributed by atoms with E-state index in [1.54, 1.807) is 31.0 Å². The van der Waals surface area contributed by atoms with Crippen molar-refractivity contribution >= 4 is 45.0 Å². The van der Waals surface area contributed by atoms with Crippen LogP contribution >= 0.6 is 23.2 Å². The molecular formula is C29H39Cl2N3O6S. The van der Waals surface area contributed by atoms with E-state index in [0.29, 0.717) is 34.4 Å². The fourth-order valence-electron chi connectivity index (χ4n) is 4.70. The summed E-state index contributed by atoms with van der Waals surface area (Å²) >= 11 is 12.8. The first-order valence-electron chi connectivity index (χ1n) is 13.5. The number of nitrogens with one attached hydrogen (secondary N) is 1. The van der Waals surface area contributed by atoms with Crippen LogP contribution in [0.1, 0.15) is 62.0 Å². The van der Waals surface area contributed by atoms with E-state index in [4.69, 9.17) is 32.7 Å². The first kappa shape index (κ1) is 33.0. The van der Waals surface area contributed by atoms with Crippen molar-refractivity contribution in [1.82, 2.24) is 15.1 Å². The van der Waals surface area contributed by atoms with E-state index in [2.05, 4.69) is 10.2 Å². The highest BCUT2D eigenvalue weighted by atomic mass is 35.5. The predicted octanol–water partition coefficient (Wildman–Crippen LogP) is 5.56. The summed E-state index contributed by atoms with van der Waals surface area (Å²) in [6, 6.07) is 7.68. The minimum absolute atomic E-state index is 0.0127. The molecule has 1 atom stereocenters. The SMILES string of the molecule is CCS(=O)(=O)c1ccc(Cl)cc1CNC(=O)c1cc(Cl)c(CN2CCC[C@H](N(C)C(=O)OC(C)(C)C)C2)c(OC)c1. The molecule has 2 amide bonds. The average molecular weight is 629 g/mol. The number of amides is 2. The maximum atomic E-state index is 13.1. The van der Waals surface area contributed by atoms with Gasteiger partial charge in [-0.25, -0.2) is 13.2 Å². The van der Waals surface area contributed by atoms with Gasteiger partial charge in [-0.05, 0) is 76.1 Å². The largest absolute Gasteiger partial charge is 0.496 e. The fraction of sp³-hybridized carbons (Fsp3) is 0.517. The third kappa shape index (κ3) is 8.73. The molecule has 226 valence electrons. The van der Waals surface area contributed by atoms with Crippen LogP contribution in [0, 0.1) is 0 Å². The standard InChI is InChI=1S/C29H39Cl2N3O6S/c1-7-41(37,38)26-11-10-21(30)13-20(26)16-32-27(35)19-14-24(31)23(25(15-19)39-6)18-34-12-8-9-22(17-34)33(5)28(36)40-29(2,3)4/h10-11,13-15,22H,7-9,12,16-18H2,1-6H3,(H,32,35)/t22-/m0/s1. The van der Waals surface area contributed by atoms with Gasteiger partial charge in [-0.1, -0.05) is 30.1 Å². The summed E-state index contributed by atoms with van der Waals surface area (Å²) < 4.78 is 36.2. The van der Waals surface area contributed by atoms with Gasteiger partial charge in [0.25, 0.3) is 5.91 Å². The maximum absolute atomic E-state index is 13.1. The molecule has 0 unspecified atom stereocenters. The van der Waals surface area contributed by atoms with Crippen molar-refractivity contribution in [2.24, 2.45) is 0 Å². The topological polar surface area (TPSA) is 105 Å². The number of carbonyl (C=O) groups is 2. The Labute approximate surface area is 253 Å². The summed E-state index contributed by atoms with van der Waals surface area (Å²) in [6.45, 7) is 8.99. The van der Waals surface area contributed by atoms with Gasteiger partial charge in [-0.2, -0.15) is 0 Å². The minimum atomic E-state index is -3.50. The van der Waals surface area contributed by atoms with Gasteiger partial charge >= 0.3 is 6.09 Å². The molecule has 0 spiro atoms. The van der Waals surface area contributed by atoms with E-state index in [-0.39, 0.29) is 34.9 Å². The van der Waals surface area contributed by atoms with Gasteiger partial charge in [-0.3, -0.25) is 9.69 Å². The Morgan fingerprint density at radius 2 is 1.88 bits per heavy atom. The normalized spacial score (nSPS) is 16.2. The predicted molar refractivity (Wildman–Crippen MR) is 161 cm³/mol. The van der Waals surface area contributed by atoms with Crippen molar-refractivity contribution in [2.45, 2.75) is 70.2 Å². The second-order valence-corrected chi connectivity index (χ2v) is 14.2. The molecule has 1 saturated heterocycles. The van der Waals surface area contributed by atoms with Gasteiger partial charge in [0.2, 0.25) is 0 Å². The summed E-state index contributed by atoms with van der Waals surface area (Å²) in [4.78, 5) is 29.6. The summed E-state index contributed by atoms with van der Waals surface area (Å²) in [7, 11) is -0.231. The molecule has 9 nitrogen and oxygen atoms in total. The highest BCUT2D eigenvalue weighted by molar-refractivity contribution is 7.91. The number of likely N-dealkylation sites (tertiary alicyclic amines) is 1. The van der Waals surface area contributed by atoms with E-state index in [0.717, 1.165) is 24.9 Å². The monoisotopic (exact) mass is 627 g/mol. The molecule has 2 aromatic carbocycles. The Balaban J connectivity index is 1.73. The van der Waals surface area contributed by atoms with Crippen molar-refractivity contribution in [2.75, 3.05) is 33.0 Å². The number of ether oxygens (including phenoxy) is 2. The van der Waals surface area contributed by atoms with Crippen LogP contribution in [0.4, 0.5) is 4.79 Å². The molecule has 3 rings (SSSR count). The lowest BCUT2D eigenvalue weighted by atomic mass is 10.0. The average Bonchev–Trinajstić information content (AvgIpc) is 2.91. The van der Waals surface area contributed by atoms with E-state index < -0.39 is 21.3 Å². The summed E-state index contributed by atoms with van der Waals surface area (Å²) in [5.41, 5.74) is 0.840. The van der Waals surface area contributed by atoms with Gasteiger partial charge in [-0.15, -0.1) is 0 Å². The number of carbonyl (C=O) groups excluding carboxylic acids is 2. The van der Waals surface area contributed by atoms with E-state index >= 15 is 0 Å². The van der Waals surface area contributed by atoms with Crippen LogP contribution in [0.2, 0.25) is 10.0 Å². The number of sulfone groups is 1. The van der Waals surface area contributed by atoms with Crippen LogP contribution in [-0.2, 0) is 27.7 Å². The second kappa shape index (κ2) is 13.6. The smallest absolute Gasteiger partial charge is 0.410 e. The molecular weight excluding hydrogens is 589 g/mol. The maximum Gasteiger partial charge on any atom is 0.410 e. The number of nitrogens with zero attached hydrogens (tertiary/aromatic N) is 2. The zero-order valence-corrected chi connectivity index (χ0v) is 26.8. The van der Waals surface area contributed by atoms with Crippen molar-refractivity contribution in [3.05, 3.63) is 57.1 Å². The van der Waals surface area contributed by atoms with Crippen LogP contribution in [0.15, 0.2) is 35.2 Å². The lowest BCUT2D eigenvalue weighted by Gasteiger charge is -2.38. The molecule has 12 heteroatoms. The van der Waals surface area contributed by atoms with Gasteiger partial charge in [0.1, 0.15) is 11.4 Å². The minimum Gasteiger partial charge on any atom is -0.496 e. The Morgan fingerprint density at radius 1 is 1.17 bits per heavy atom. The molecule has 0 radical (unpaired) electrons. The first-order valence-corrected chi connectivity index (χ1v) is 15.9. The third-order valence-corrected chi connectivity index (χ3v) is 9.31. The number of benzene rings is 2. The van der Waals surface area contributed by atoms with Gasteiger partial charge in [0.05, 0.1) is 17.8 Å². The van der Waals surface area contributed by atoms with Crippen LogP contribution < -0.4 is 10.1 Å². The summed E-state index contributed by atoms with van der Waals surface area (Å²) in [6.07, 6.45) is 1.41. The molecule has 1 aliphatic heterocycles. The third-order valence-electron chi connectivity index (χ3n) is 6.91. The molecule has 0 saturated carbocycles. The summed E-state index contributed by atoms with van der Waals surface area (Å²) in [5.74, 6) is -0.0466. The number of hydrogen-bond acceptors (Lipinski definition) is 7. The van der Waals surface area contributed by atoms with Crippen molar-refractivity contribution < 1.29 is 27.5 Å². The highest BCUT2D eigenvalue weighted by Crippen LogP contribution is 2.31. The van der Waals surface area contributed by atoms with Crippen molar-refractivity contribution in [3.63, 3.8) is 0 Å². The van der Waals surface area contributed by atoms with Crippen LogP contribution in [0.3, 0.4) is 0 Å². The van der Waals surface area contributed by atoms with Crippen molar-refractivity contribution in [1.29, 1.82) is 0 Å². The molecule has 2 aromatic rings. The lowest BCUT2D eigenvalue weighted by Crippen LogP contribution is -2.49. The molecule has 0 aliphatic carbocycles. The number of methoxy groups -OCH3 is 1. The Kier molecular flexibility index (Phi) is 11.0. The van der Waals surface area contributed by atoms with Crippen LogP contribution in [-0.4, -0.2) is 74.9 Å². The van der Waals surface area contributed by atoms with Gasteiger partial charge < -0.3 is 19.7 Å². The van der Waals surface area contributed by atoms with Crippen LogP contribution in [0.5, 0.6) is 5.75 Å². The molecule has 41 heavy (non-hydrogen) atoms. The molecule has 0 bridgehead atoms. The number of hydrogen-bond donors (Lipinski definition) is 1. The fourth-order valence-corrected chi connectivity index (χ4v) is 6.28. The van der Waals surface area contributed by atoms with E-state index in [1.165, 1.54) is 25.3 Å².